The van der Waals surface area contributed by atoms with Crippen LogP contribution in [0.4, 0.5) is 0 Å². The Morgan fingerprint density at radius 1 is 1.20 bits per heavy atom. The van der Waals surface area contributed by atoms with Gasteiger partial charge in [-0.25, -0.2) is 4.79 Å². The average molecular weight is 413 g/mol. The normalized spacial score (nSPS) is 12.3. The third kappa shape index (κ3) is 6.11. The number of ketones is 1. The molecule has 2 amide bonds. The molecule has 2 atom stereocenters. The van der Waals surface area contributed by atoms with Crippen molar-refractivity contribution in [2.45, 2.75) is 38.3 Å². The lowest BCUT2D eigenvalue weighted by Crippen LogP contribution is -2.52. The first-order valence-electron chi connectivity index (χ1n) is 9.26. The summed E-state index contributed by atoms with van der Waals surface area (Å²) in [5.41, 5.74) is 10.1. The van der Waals surface area contributed by atoms with E-state index in [1.165, 1.54) is 6.92 Å². The van der Waals surface area contributed by atoms with Gasteiger partial charge in [0.25, 0.3) is 0 Å². The second-order valence-electron chi connectivity index (χ2n) is 6.65. The molecule has 0 aliphatic carbocycles. The van der Waals surface area contributed by atoms with E-state index in [1.54, 1.807) is 6.20 Å². The second-order valence-corrected chi connectivity index (χ2v) is 6.65. The number of hydrogen-bond donors (Lipinski definition) is 3. The van der Waals surface area contributed by atoms with Crippen molar-refractivity contribution in [1.82, 2.24) is 15.6 Å². The van der Waals surface area contributed by atoms with Gasteiger partial charge in [-0.2, -0.15) is 4.79 Å². The highest BCUT2D eigenvalue weighted by molar-refractivity contribution is 6.25. The maximum atomic E-state index is 12.8. The van der Waals surface area contributed by atoms with Gasteiger partial charge in [-0.05, 0) is 18.1 Å². The quantitative estimate of drug-likeness (QED) is 0.224. The minimum atomic E-state index is -1.10. The lowest BCUT2D eigenvalue weighted by molar-refractivity contribution is -0.145. The van der Waals surface area contributed by atoms with E-state index in [-0.39, 0.29) is 19.3 Å². The van der Waals surface area contributed by atoms with Crippen LogP contribution in [0.5, 0.6) is 0 Å². The fourth-order valence-electron chi connectivity index (χ4n) is 3.05. The smallest absolute Gasteiger partial charge is 0.328 e. The molecular formula is C20H23N5O5. The molecule has 0 aliphatic rings. The number of methoxy groups -OCH3 is 1. The summed E-state index contributed by atoms with van der Waals surface area (Å²) in [7, 11) is 1.16. The van der Waals surface area contributed by atoms with Crippen LogP contribution >= 0.6 is 0 Å². The van der Waals surface area contributed by atoms with E-state index in [2.05, 4.69) is 25.1 Å². The van der Waals surface area contributed by atoms with E-state index in [0.29, 0.717) is 6.21 Å². The van der Waals surface area contributed by atoms with Crippen molar-refractivity contribution in [2.75, 3.05) is 7.11 Å². The summed E-state index contributed by atoms with van der Waals surface area (Å²) >= 11 is 0. The van der Waals surface area contributed by atoms with Gasteiger partial charge in [0.05, 0.1) is 7.11 Å². The number of fused-ring (bicyclic) bond motifs is 1. The van der Waals surface area contributed by atoms with Crippen LogP contribution in [0.15, 0.2) is 30.5 Å². The lowest BCUT2D eigenvalue weighted by Gasteiger charge is -2.21. The molecule has 0 saturated carbocycles. The van der Waals surface area contributed by atoms with E-state index >= 15 is 0 Å². The van der Waals surface area contributed by atoms with Gasteiger partial charge >= 0.3 is 12.2 Å². The summed E-state index contributed by atoms with van der Waals surface area (Å²) < 4.78 is 4.69. The van der Waals surface area contributed by atoms with Crippen molar-refractivity contribution >= 4 is 40.7 Å². The Balaban J connectivity index is 2.17. The highest BCUT2D eigenvalue weighted by Crippen LogP contribution is 2.19. The summed E-state index contributed by atoms with van der Waals surface area (Å²) in [5, 5.41) is 6.04. The molecule has 3 N–H and O–H groups in total. The zero-order valence-electron chi connectivity index (χ0n) is 16.7. The number of Topliss-reactive ketones (excluding diaryl/α,β-unsaturated/α-hetero) is 1. The zero-order chi connectivity index (χ0) is 22.1. The third-order valence-electron chi connectivity index (χ3n) is 4.48. The summed E-state index contributed by atoms with van der Waals surface area (Å²) in [6, 6.07) is 5.50. The van der Waals surface area contributed by atoms with Gasteiger partial charge in [0.15, 0.2) is 0 Å². The maximum Gasteiger partial charge on any atom is 0.328 e. The van der Waals surface area contributed by atoms with E-state index < -0.39 is 35.7 Å². The van der Waals surface area contributed by atoms with Crippen molar-refractivity contribution in [2.24, 2.45) is 0 Å². The average Bonchev–Trinajstić information content (AvgIpc) is 3.12. The van der Waals surface area contributed by atoms with Crippen LogP contribution in [-0.2, 0) is 30.3 Å². The van der Waals surface area contributed by atoms with Crippen LogP contribution < -0.4 is 10.6 Å². The van der Waals surface area contributed by atoms with Crippen LogP contribution in [0, 0.1) is 0 Å². The number of ether oxygens (including phenoxy) is 1. The standard InChI is InChI=1S/C20H23N5O5/c1-12(26)24-18(9-13-10-22-16-6-4-3-5-15(13)16)19(28)25-17(20(29)30-2)8-7-14(27)11-23-21/h3-6,10-11,17-18,22H,7-9H2,1-2H3,(H,24,26)(H,25,28)/t17-,18-/m0/s1. The Kier molecular flexibility index (Phi) is 8.01. The van der Waals surface area contributed by atoms with Crippen LogP contribution in [0.3, 0.4) is 0 Å². The fourth-order valence-corrected chi connectivity index (χ4v) is 3.05. The number of H-pyrrole nitrogens is 1. The Morgan fingerprint density at radius 2 is 1.93 bits per heavy atom. The first-order chi connectivity index (χ1) is 14.3. The van der Waals surface area contributed by atoms with E-state index in [0.717, 1.165) is 23.6 Å². The molecule has 0 radical (unpaired) electrons. The van der Waals surface area contributed by atoms with Crippen LogP contribution in [-0.4, -0.2) is 58.7 Å². The molecule has 10 nitrogen and oxygen atoms in total. The van der Waals surface area contributed by atoms with Crippen molar-refractivity contribution in [3.8, 4) is 0 Å². The second kappa shape index (κ2) is 10.7. The minimum Gasteiger partial charge on any atom is -0.467 e. The lowest BCUT2D eigenvalue weighted by atomic mass is 10.0. The predicted octanol–water partition coefficient (Wildman–Crippen LogP) is 0.523. The fraction of sp³-hybridized carbons (Fsp3) is 0.350. The Morgan fingerprint density at radius 3 is 2.60 bits per heavy atom. The number of benzene rings is 1. The number of esters is 1. The van der Waals surface area contributed by atoms with E-state index in [4.69, 9.17) is 5.53 Å². The molecule has 1 aromatic carbocycles. The topological polar surface area (TPSA) is 154 Å². The number of rotatable bonds is 10. The zero-order valence-corrected chi connectivity index (χ0v) is 16.7. The molecule has 2 rings (SSSR count). The molecule has 0 saturated heterocycles. The third-order valence-corrected chi connectivity index (χ3v) is 4.48. The molecule has 0 aliphatic heterocycles. The van der Waals surface area contributed by atoms with Gasteiger partial charge < -0.3 is 25.9 Å². The van der Waals surface area contributed by atoms with E-state index in [1.807, 2.05) is 24.3 Å². The largest absolute Gasteiger partial charge is 0.467 e. The molecule has 158 valence electrons. The Bertz CT molecular complexity index is 992. The number of aromatic amines is 1. The summed E-state index contributed by atoms with van der Waals surface area (Å²) in [6.45, 7) is 1.29. The van der Waals surface area contributed by atoms with Crippen molar-refractivity contribution in [3.63, 3.8) is 0 Å². The van der Waals surface area contributed by atoms with Crippen molar-refractivity contribution in [1.29, 1.82) is 0 Å². The number of nitrogens with one attached hydrogen (secondary N) is 3. The molecule has 30 heavy (non-hydrogen) atoms. The van der Waals surface area contributed by atoms with Crippen molar-refractivity contribution < 1.29 is 28.7 Å². The van der Waals surface area contributed by atoms with Gasteiger partial charge in [-0.1, -0.05) is 18.2 Å². The summed E-state index contributed by atoms with van der Waals surface area (Å²) in [6.07, 6.45) is 2.48. The molecule has 0 bridgehead atoms. The molecule has 0 fully saturated rings. The predicted molar refractivity (Wildman–Crippen MR) is 107 cm³/mol. The first-order valence-corrected chi connectivity index (χ1v) is 9.26. The van der Waals surface area contributed by atoms with Crippen LogP contribution in [0.1, 0.15) is 25.3 Å². The first kappa shape index (κ1) is 22.5. The molecule has 0 unspecified atom stereocenters. The molecule has 1 aromatic heterocycles. The summed E-state index contributed by atoms with van der Waals surface area (Å²) in [5.74, 6) is -2.24. The monoisotopic (exact) mass is 413 g/mol. The number of hydrogen-bond acceptors (Lipinski definition) is 5. The Hall–Kier alpha value is -3.78. The van der Waals surface area contributed by atoms with E-state index in [9.17, 15) is 19.2 Å². The Labute approximate surface area is 172 Å². The highest BCUT2D eigenvalue weighted by atomic mass is 16.5. The number of carbonyl (C=O) groups is 4. The van der Waals surface area contributed by atoms with Crippen LogP contribution in [0.25, 0.3) is 16.4 Å². The van der Waals surface area contributed by atoms with Gasteiger partial charge in [0.2, 0.25) is 17.6 Å². The number of nitrogens with zero attached hydrogens (tertiary/aromatic N) is 2. The molecule has 2 aromatic rings. The summed E-state index contributed by atoms with van der Waals surface area (Å²) in [4.78, 5) is 53.8. The number of amides is 2. The van der Waals surface area contributed by atoms with Crippen molar-refractivity contribution in [3.05, 3.63) is 41.6 Å². The number of para-hydroxylation sites is 1. The minimum absolute atomic E-state index is 0.0524. The van der Waals surface area contributed by atoms with Gasteiger partial charge in [-0.15, -0.1) is 0 Å². The number of aromatic nitrogens is 1. The van der Waals surface area contributed by atoms with Gasteiger partial charge in [0, 0.05) is 36.9 Å². The molecule has 0 spiro atoms. The number of carbonyl (C=O) groups excluding carboxylic acids is 4. The SMILES string of the molecule is COC(=O)[C@H](CCC(=O)C=[N+]=[N-])NC(=O)[C@H](Cc1c[nH]c2ccccc12)NC(C)=O. The molecule has 10 heteroatoms. The molecular weight excluding hydrogens is 390 g/mol. The molecule has 1 heterocycles. The van der Waals surface area contributed by atoms with Gasteiger partial charge in [0.1, 0.15) is 12.1 Å². The highest BCUT2D eigenvalue weighted by Gasteiger charge is 2.28. The maximum absolute atomic E-state index is 12.8. The van der Waals surface area contributed by atoms with Crippen LogP contribution in [0.2, 0.25) is 0 Å². The van der Waals surface area contributed by atoms with Gasteiger partial charge in [-0.3, -0.25) is 14.4 Å².